The highest BCUT2D eigenvalue weighted by atomic mass is 16.3. The lowest BCUT2D eigenvalue weighted by atomic mass is 9.85. The van der Waals surface area contributed by atoms with Gasteiger partial charge in [-0.2, -0.15) is 0 Å². The first-order chi connectivity index (χ1) is 8.04. The van der Waals surface area contributed by atoms with Gasteiger partial charge in [0.2, 0.25) is 0 Å². The van der Waals surface area contributed by atoms with E-state index >= 15 is 0 Å². The number of benzene rings is 1. The van der Waals surface area contributed by atoms with Gasteiger partial charge < -0.3 is 9.67 Å². The summed E-state index contributed by atoms with van der Waals surface area (Å²) in [6, 6.07) is 8.21. The lowest BCUT2D eigenvalue weighted by Gasteiger charge is -2.23. The Balaban J connectivity index is 2.46. The van der Waals surface area contributed by atoms with Crippen LogP contribution >= 0.6 is 0 Å². The Bertz CT molecular complexity index is 514. The molecule has 3 heteroatoms. The molecule has 2 aromatic rings. The first kappa shape index (κ1) is 11.9. The van der Waals surface area contributed by atoms with Crippen LogP contribution < -0.4 is 0 Å². The van der Waals surface area contributed by atoms with Crippen molar-refractivity contribution in [3.63, 3.8) is 0 Å². The monoisotopic (exact) mass is 230 g/mol. The van der Waals surface area contributed by atoms with Crippen LogP contribution in [-0.4, -0.2) is 21.3 Å². The van der Waals surface area contributed by atoms with Crippen LogP contribution in [0.5, 0.6) is 0 Å². The summed E-state index contributed by atoms with van der Waals surface area (Å²) in [7, 11) is 0. The molecule has 0 unspecified atom stereocenters. The van der Waals surface area contributed by atoms with Crippen molar-refractivity contribution in [2.45, 2.75) is 26.2 Å². The zero-order valence-corrected chi connectivity index (χ0v) is 10.5. The molecule has 0 aliphatic rings. The van der Waals surface area contributed by atoms with Gasteiger partial charge in [-0.25, -0.2) is 4.98 Å². The molecular weight excluding hydrogens is 212 g/mol. The molecule has 0 fully saturated rings. The van der Waals surface area contributed by atoms with Gasteiger partial charge in [-0.3, -0.25) is 0 Å². The molecule has 1 aromatic heterocycles. The Hall–Kier alpha value is -1.61. The van der Waals surface area contributed by atoms with E-state index in [1.165, 1.54) is 0 Å². The number of aliphatic hydroxyl groups excluding tert-OH is 1. The third-order valence-corrected chi connectivity index (χ3v) is 3.13. The third kappa shape index (κ3) is 2.24. The highest BCUT2D eigenvalue weighted by molar-refractivity contribution is 5.39. The van der Waals surface area contributed by atoms with Crippen LogP contribution in [-0.2, 0) is 5.41 Å². The number of hydrogen-bond donors (Lipinski definition) is 1. The summed E-state index contributed by atoms with van der Waals surface area (Å²) in [5.41, 5.74) is 1.99. The molecule has 0 saturated carbocycles. The predicted octanol–water partition coefficient (Wildman–Crippen LogP) is 2.45. The second-order valence-corrected chi connectivity index (χ2v) is 4.94. The van der Waals surface area contributed by atoms with Gasteiger partial charge in [0.15, 0.2) is 0 Å². The molecular formula is C14H18N2O. The highest BCUT2D eigenvalue weighted by Gasteiger charge is 2.19. The summed E-state index contributed by atoms with van der Waals surface area (Å²) in [4.78, 5) is 4.22. The predicted molar refractivity (Wildman–Crippen MR) is 68.4 cm³/mol. The van der Waals surface area contributed by atoms with Gasteiger partial charge in [-0.05, 0) is 24.6 Å². The molecule has 90 valence electrons. The molecule has 1 N–H and O–H groups in total. The standard InChI is InChI=1S/C14H18N2O/c1-11-15-7-8-16(11)13-6-4-5-12(9-13)14(2,3)10-17/h4-9,17H,10H2,1-3H3. The maximum absolute atomic E-state index is 9.40. The van der Waals surface area contributed by atoms with Crippen molar-refractivity contribution in [1.29, 1.82) is 0 Å². The Labute approximate surface area is 102 Å². The van der Waals surface area contributed by atoms with Gasteiger partial charge in [-0.1, -0.05) is 26.0 Å². The van der Waals surface area contributed by atoms with Crippen LogP contribution in [0.15, 0.2) is 36.7 Å². The molecule has 0 bridgehead atoms. The van der Waals surface area contributed by atoms with E-state index in [-0.39, 0.29) is 12.0 Å². The van der Waals surface area contributed by atoms with Crippen molar-refractivity contribution in [2.75, 3.05) is 6.61 Å². The fourth-order valence-electron chi connectivity index (χ4n) is 1.82. The van der Waals surface area contributed by atoms with Crippen LogP contribution in [0.3, 0.4) is 0 Å². The largest absolute Gasteiger partial charge is 0.395 e. The third-order valence-electron chi connectivity index (χ3n) is 3.13. The van der Waals surface area contributed by atoms with Crippen molar-refractivity contribution in [3.8, 4) is 5.69 Å². The maximum Gasteiger partial charge on any atom is 0.110 e. The van der Waals surface area contributed by atoms with Crippen molar-refractivity contribution in [2.24, 2.45) is 0 Å². The summed E-state index contributed by atoms with van der Waals surface area (Å²) in [5, 5.41) is 9.40. The number of aliphatic hydroxyl groups is 1. The first-order valence-electron chi connectivity index (χ1n) is 5.76. The van der Waals surface area contributed by atoms with Gasteiger partial charge in [0, 0.05) is 23.5 Å². The van der Waals surface area contributed by atoms with Crippen LogP contribution in [0.1, 0.15) is 25.2 Å². The molecule has 0 aliphatic heterocycles. The molecule has 1 heterocycles. The van der Waals surface area contributed by atoms with Gasteiger partial charge in [0.1, 0.15) is 5.82 Å². The molecule has 0 radical (unpaired) electrons. The number of rotatable bonds is 3. The first-order valence-corrected chi connectivity index (χ1v) is 5.76. The van der Waals surface area contributed by atoms with E-state index in [0.717, 1.165) is 17.1 Å². The summed E-state index contributed by atoms with van der Waals surface area (Å²) >= 11 is 0. The average Bonchev–Trinajstić information content (AvgIpc) is 2.76. The molecule has 1 aromatic carbocycles. The zero-order valence-electron chi connectivity index (χ0n) is 10.5. The minimum atomic E-state index is -0.218. The quantitative estimate of drug-likeness (QED) is 0.879. The number of aromatic nitrogens is 2. The zero-order chi connectivity index (χ0) is 12.5. The average molecular weight is 230 g/mol. The van der Waals surface area contributed by atoms with Gasteiger partial charge in [0.25, 0.3) is 0 Å². The van der Waals surface area contributed by atoms with Gasteiger partial charge in [0.05, 0.1) is 6.61 Å². The normalized spacial score (nSPS) is 11.8. The lowest BCUT2D eigenvalue weighted by Crippen LogP contribution is -2.22. The van der Waals surface area contributed by atoms with E-state index in [0.29, 0.717) is 0 Å². The second kappa shape index (κ2) is 4.34. The molecule has 0 atom stereocenters. The Morgan fingerprint density at radius 2 is 2.12 bits per heavy atom. The Morgan fingerprint density at radius 3 is 2.71 bits per heavy atom. The Kier molecular flexibility index (Phi) is 3.03. The van der Waals surface area contributed by atoms with Crippen molar-refractivity contribution in [3.05, 3.63) is 48.0 Å². The van der Waals surface area contributed by atoms with E-state index in [4.69, 9.17) is 0 Å². The molecule has 0 saturated heterocycles. The van der Waals surface area contributed by atoms with E-state index in [1.807, 2.05) is 49.7 Å². The fourth-order valence-corrected chi connectivity index (χ4v) is 1.82. The fraction of sp³-hybridized carbons (Fsp3) is 0.357. The topological polar surface area (TPSA) is 38.0 Å². The smallest absolute Gasteiger partial charge is 0.110 e. The van der Waals surface area contributed by atoms with Crippen LogP contribution in [0, 0.1) is 6.92 Å². The Morgan fingerprint density at radius 1 is 1.35 bits per heavy atom. The van der Waals surface area contributed by atoms with Crippen LogP contribution in [0.4, 0.5) is 0 Å². The number of hydrogen-bond acceptors (Lipinski definition) is 2. The van der Waals surface area contributed by atoms with Crippen molar-refractivity contribution in [1.82, 2.24) is 9.55 Å². The van der Waals surface area contributed by atoms with Gasteiger partial charge in [-0.15, -0.1) is 0 Å². The maximum atomic E-state index is 9.40. The molecule has 0 aliphatic carbocycles. The van der Waals surface area contributed by atoms with Crippen molar-refractivity contribution < 1.29 is 5.11 Å². The van der Waals surface area contributed by atoms with E-state index < -0.39 is 0 Å². The molecule has 0 amide bonds. The van der Waals surface area contributed by atoms with E-state index in [2.05, 4.69) is 11.1 Å². The number of nitrogens with zero attached hydrogens (tertiary/aromatic N) is 2. The van der Waals surface area contributed by atoms with Gasteiger partial charge >= 0.3 is 0 Å². The summed E-state index contributed by atoms with van der Waals surface area (Å²) < 4.78 is 2.04. The highest BCUT2D eigenvalue weighted by Crippen LogP contribution is 2.24. The summed E-state index contributed by atoms with van der Waals surface area (Å²) in [5.74, 6) is 0.962. The lowest BCUT2D eigenvalue weighted by molar-refractivity contribution is 0.218. The summed E-state index contributed by atoms with van der Waals surface area (Å²) in [6.07, 6.45) is 3.74. The number of imidazole rings is 1. The van der Waals surface area contributed by atoms with E-state index in [9.17, 15) is 5.11 Å². The molecule has 17 heavy (non-hydrogen) atoms. The second-order valence-electron chi connectivity index (χ2n) is 4.94. The molecule has 2 rings (SSSR count). The van der Waals surface area contributed by atoms with E-state index in [1.54, 1.807) is 6.20 Å². The van der Waals surface area contributed by atoms with Crippen LogP contribution in [0.25, 0.3) is 5.69 Å². The molecule has 0 spiro atoms. The van der Waals surface area contributed by atoms with Crippen LogP contribution in [0.2, 0.25) is 0 Å². The number of aryl methyl sites for hydroxylation is 1. The molecule has 3 nitrogen and oxygen atoms in total. The SMILES string of the molecule is Cc1nccn1-c1cccc(C(C)(C)CO)c1. The van der Waals surface area contributed by atoms with Crippen molar-refractivity contribution >= 4 is 0 Å². The summed E-state index contributed by atoms with van der Waals surface area (Å²) in [6.45, 7) is 6.18. The minimum absolute atomic E-state index is 0.138. The minimum Gasteiger partial charge on any atom is -0.395 e.